The van der Waals surface area contributed by atoms with Crippen LogP contribution < -0.4 is 5.32 Å². The normalized spacial score (nSPS) is 20.6. The van der Waals surface area contributed by atoms with E-state index in [1.807, 2.05) is 25.8 Å². The summed E-state index contributed by atoms with van der Waals surface area (Å²) in [5.41, 5.74) is 0. The molecule has 4 heteroatoms. The number of nitrogens with one attached hydrogen (secondary N) is 1. The minimum atomic E-state index is -0.279. The third-order valence-electron chi connectivity index (χ3n) is 3.79. The van der Waals surface area contributed by atoms with Crippen LogP contribution >= 0.6 is 0 Å². The number of rotatable bonds is 8. The summed E-state index contributed by atoms with van der Waals surface area (Å²) in [6.07, 6.45) is 4.06. The van der Waals surface area contributed by atoms with E-state index in [1.165, 1.54) is 0 Å². The lowest BCUT2D eigenvalue weighted by Crippen LogP contribution is -2.48. The van der Waals surface area contributed by atoms with Crippen molar-refractivity contribution in [1.82, 2.24) is 10.2 Å². The molecule has 18 heavy (non-hydrogen) atoms. The molecule has 1 saturated carbocycles. The Labute approximate surface area is 111 Å². The number of amides is 1. The molecule has 0 saturated heterocycles. The van der Waals surface area contributed by atoms with Gasteiger partial charge in [0, 0.05) is 12.6 Å². The summed E-state index contributed by atoms with van der Waals surface area (Å²) >= 11 is 0. The van der Waals surface area contributed by atoms with E-state index in [4.69, 9.17) is 0 Å². The standard InChI is InChI=1S/C14H28N2O2/c1-5-6-10(2)15-14(18)11(3)16(4)9-13(17)12-7-8-12/h10-13,17H,5-9H2,1-4H3,(H,15,18). The number of carbonyl (C=O) groups excluding carboxylic acids is 1. The molecular formula is C14H28N2O2. The zero-order chi connectivity index (χ0) is 13.7. The van der Waals surface area contributed by atoms with Gasteiger partial charge in [-0.25, -0.2) is 0 Å². The highest BCUT2D eigenvalue weighted by Gasteiger charge is 2.31. The molecule has 0 spiro atoms. The van der Waals surface area contributed by atoms with Crippen molar-refractivity contribution in [3.8, 4) is 0 Å². The van der Waals surface area contributed by atoms with E-state index < -0.39 is 0 Å². The van der Waals surface area contributed by atoms with E-state index in [-0.39, 0.29) is 24.1 Å². The first-order valence-electron chi connectivity index (χ1n) is 7.14. The van der Waals surface area contributed by atoms with Crippen LogP contribution in [0, 0.1) is 5.92 Å². The van der Waals surface area contributed by atoms with Crippen LogP contribution in [0.2, 0.25) is 0 Å². The maximum atomic E-state index is 12.0. The third-order valence-corrected chi connectivity index (χ3v) is 3.79. The Morgan fingerprint density at radius 2 is 2.06 bits per heavy atom. The summed E-state index contributed by atoms with van der Waals surface area (Å²) in [5, 5.41) is 12.9. The van der Waals surface area contributed by atoms with Gasteiger partial charge in [0.05, 0.1) is 12.1 Å². The van der Waals surface area contributed by atoms with Gasteiger partial charge < -0.3 is 10.4 Å². The average Bonchev–Trinajstić information content (AvgIpc) is 3.11. The second-order valence-electron chi connectivity index (χ2n) is 5.72. The highest BCUT2D eigenvalue weighted by molar-refractivity contribution is 5.81. The Morgan fingerprint density at radius 3 is 2.56 bits per heavy atom. The van der Waals surface area contributed by atoms with Gasteiger partial charge in [0.1, 0.15) is 0 Å². The summed E-state index contributed by atoms with van der Waals surface area (Å²) in [6.45, 7) is 6.63. The summed E-state index contributed by atoms with van der Waals surface area (Å²) in [7, 11) is 1.90. The Bertz CT molecular complexity index is 267. The van der Waals surface area contributed by atoms with Crippen LogP contribution in [0.3, 0.4) is 0 Å². The van der Waals surface area contributed by atoms with Crippen molar-refractivity contribution in [2.45, 2.75) is 64.6 Å². The van der Waals surface area contributed by atoms with Gasteiger partial charge in [-0.05, 0) is 46.1 Å². The van der Waals surface area contributed by atoms with Crippen LogP contribution in [0.5, 0.6) is 0 Å². The van der Waals surface area contributed by atoms with Crippen molar-refractivity contribution in [3.63, 3.8) is 0 Å². The largest absolute Gasteiger partial charge is 0.392 e. The van der Waals surface area contributed by atoms with E-state index in [9.17, 15) is 9.90 Å². The molecule has 1 amide bonds. The monoisotopic (exact) mass is 256 g/mol. The molecule has 0 aromatic carbocycles. The van der Waals surface area contributed by atoms with Crippen LogP contribution in [0.4, 0.5) is 0 Å². The number of aliphatic hydroxyl groups is 1. The molecule has 0 bridgehead atoms. The molecule has 1 aliphatic rings. The minimum absolute atomic E-state index is 0.0569. The van der Waals surface area contributed by atoms with Crippen molar-refractivity contribution in [3.05, 3.63) is 0 Å². The van der Waals surface area contributed by atoms with Crippen LogP contribution in [0.15, 0.2) is 0 Å². The fourth-order valence-corrected chi connectivity index (χ4v) is 2.15. The number of hydrogen-bond acceptors (Lipinski definition) is 3. The molecule has 0 radical (unpaired) electrons. The minimum Gasteiger partial charge on any atom is -0.392 e. The van der Waals surface area contributed by atoms with Crippen molar-refractivity contribution >= 4 is 5.91 Å². The molecule has 1 aliphatic carbocycles. The highest BCUT2D eigenvalue weighted by atomic mass is 16.3. The molecule has 3 unspecified atom stereocenters. The number of aliphatic hydroxyl groups excluding tert-OH is 1. The summed E-state index contributed by atoms with van der Waals surface area (Å²) < 4.78 is 0. The molecule has 1 fully saturated rings. The van der Waals surface area contributed by atoms with Gasteiger partial charge in [-0.3, -0.25) is 9.69 Å². The number of likely N-dealkylation sites (N-methyl/N-ethyl adjacent to an activating group) is 1. The summed E-state index contributed by atoms with van der Waals surface area (Å²) in [5.74, 6) is 0.517. The fourth-order valence-electron chi connectivity index (χ4n) is 2.15. The van der Waals surface area contributed by atoms with Gasteiger partial charge in [-0.1, -0.05) is 13.3 Å². The Balaban J connectivity index is 2.31. The molecule has 1 rings (SSSR count). The zero-order valence-corrected chi connectivity index (χ0v) is 12.1. The molecule has 2 N–H and O–H groups in total. The van der Waals surface area contributed by atoms with Crippen molar-refractivity contribution in [2.75, 3.05) is 13.6 Å². The van der Waals surface area contributed by atoms with Gasteiger partial charge in [0.15, 0.2) is 0 Å². The van der Waals surface area contributed by atoms with Gasteiger partial charge in [-0.2, -0.15) is 0 Å². The van der Waals surface area contributed by atoms with Gasteiger partial charge in [0.2, 0.25) is 5.91 Å². The van der Waals surface area contributed by atoms with Crippen LogP contribution in [-0.4, -0.2) is 47.7 Å². The Hall–Kier alpha value is -0.610. The first-order valence-corrected chi connectivity index (χ1v) is 7.14. The topological polar surface area (TPSA) is 52.6 Å². The SMILES string of the molecule is CCCC(C)NC(=O)C(C)N(C)CC(O)C1CC1. The first kappa shape index (κ1) is 15.4. The maximum absolute atomic E-state index is 12.0. The number of hydrogen-bond donors (Lipinski definition) is 2. The molecule has 3 atom stereocenters. The van der Waals surface area contributed by atoms with E-state index >= 15 is 0 Å². The van der Waals surface area contributed by atoms with Crippen molar-refractivity contribution < 1.29 is 9.90 Å². The van der Waals surface area contributed by atoms with E-state index in [2.05, 4.69) is 12.2 Å². The average molecular weight is 256 g/mol. The predicted octanol–water partition coefficient (Wildman–Crippen LogP) is 1.38. The predicted molar refractivity (Wildman–Crippen MR) is 73.3 cm³/mol. The number of carbonyl (C=O) groups is 1. The lowest BCUT2D eigenvalue weighted by atomic mass is 10.1. The van der Waals surface area contributed by atoms with Crippen LogP contribution in [0.25, 0.3) is 0 Å². The van der Waals surface area contributed by atoms with Gasteiger partial charge >= 0.3 is 0 Å². The molecule has 0 aliphatic heterocycles. The van der Waals surface area contributed by atoms with Crippen LogP contribution in [0.1, 0.15) is 46.5 Å². The molecule has 0 heterocycles. The molecule has 106 valence electrons. The zero-order valence-electron chi connectivity index (χ0n) is 12.1. The molecule has 0 aromatic heterocycles. The Kier molecular flexibility index (Phi) is 6.09. The highest BCUT2D eigenvalue weighted by Crippen LogP contribution is 2.32. The van der Waals surface area contributed by atoms with Crippen LogP contribution in [-0.2, 0) is 4.79 Å². The lowest BCUT2D eigenvalue weighted by Gasteiger charge is -2.27. The summed E-state index contributed by atoms with van der Waals surface area (Å²) in [4.78, 5) is 13.9. The van der Waals surface area contributed by atoms with Gasteiger partial charge in [0.25, 0.3) is 0 Å². The second-order valence-corrected chi connectivity index (χ2v) is 5.72. The molecular weight excluding hydrogens is 228 g/mol. The second kappa shape index (κ2) is 7.10. The van der Waals surface area contributed by atoms with E-state index in [0.717, 1.165) is 25.7 Å². The van der Waals surface area contributed by atoms with E-state index in [0.29, 0.717) is 12.5 Å². The third kappa shape index (κ3) is 4.94. The van der Waals surface area contributed by atoms with Crippen molar-refractivity contribution in [2.24, 2.45) is 5.92 Å². The number of nitrogens with zero attached hydrogens (tertiary/aromatic N) is 1. The first-order chi connectivity index (χ1) is 8.45. The van der Waals surface area contributed by atoms with Gasteiger partial charge in [-0.15, -0.1) is 0 Å². The molecule has 0 aromatic rings. The Morgan fingerprint density at radius 1 is 1.44 bits per heavy atom. The lowest BCUT2D eigenvalue weighted by molar-refractivity contribution is -0.126. The van der Waals surface area contributed by atoms with E-state index in [1.54, 1.807) is 0 Å². The van der Waals surface area contributed by atoms with Crippen molar-refractivity contribution in [1.29, 1.82) is 0 Å². The smallest absolute Gasteiger partial charge is 0.237 e. The quantitative estimate of drug-likeness (QED) is 0.690. The maximum Gasteiger partial charge on any atom is 0.237 e. The molecule has 4 nitrogen and oxygen atoms in total. The summed E-state index contributed by atoms with van der Waals surface area (Å²) in [6, 6.07) is 0.0458. The fraction of sp³-hybridized carbons (Fsp3) is 0.929.